The fourth-order valence-corrected chi connectivity index (χ4v) is 8.42. The summed E-state index contributed by atoms with van der Waals surface area (Å²) >= 11 is 1.79. The summed E-state index contributed by atoms with van der Waals surface area (Å²) in [7, 11) is -3.09. The van der Waals surface area contributed by atoms with Crippen molar-refractivity contribution in [3.8, 4) is 0 Å². The van der Waals surface area contributed by atoms with Crippen LogP contribution in [-0.2, 0) is 9.84 Å². The molecule has 10 heterocycles. The Morgan fingerprint density at radius 3 is 1.46 bits per heavy atom. The normalized spacial score (nSPS) is 10.1. The number of rotatable bonds is 0. The third-order valence-corrected chi connectivity index (χ3v) is 12.1. The minimum absolute atomic E-state index is 0.417. The fourth-order valence-electron chi connectivity index (χ4n) is 6.43. The number of hydrogen-bond acceptors (Lipinski definition) is 9. The van der Waals surface area contributed by atoms with Gasteiger partial charge >= 0.3 is 0 Å². The number of pyridine rings is 3. The molecule has 2 N–H and O–H groups in total. The molecule has 0 spiro atoms. The van der Waals surface area contributed by atoms with Gasteiger partial charge in [-0.3, -0.25) is 15.0 Å². The van der Waals surface area contributed by atoms with Crippen molar-refractivity contribution in [1.82, 2.24) is 24.9 Å². The predicted molar refractivity (Wildman–Crippen MR) is 343 cm³/mol. The number of fused-ring (bicyclic) bond motifs is 7. The Morgan fingerprint density at radius 1 is 0.392 bits per heavy atom. The standard InChI is InChI=1S/C8H7N.C8H6O2S.C8H6O.C8H6S.C7H6N2.2C7H5NO.7C2H6/c1-2-4-8-7(3-1)5-6-9-8;9-11(10)6-5-7-3-1-2-4-8(7)11;2*1-2-4-8-7(3-1)5-6-9-8;1-3-8-5-7-6(1)2-4-9-7;1-3-8-5-6-2-4-9-7(1)6;1-3-8-5-7-6(1)2-4-9-7;7*1-2/h1-6,9H;1-6H;2*1-6H;1-5,9H;2*1-5H;7*1-2H3. The molecule has 0 fully saturated rings. The number of benzene rings is 4. The number of nitrogens with one attached hydrogen (secondary N) is 2. The number of aromatic nitrogens is 5. The zero-order valence-corrected chi connectivity index (χ0v) is 50.3. The number of hydrogen-bond donors (Lipinski definition) is 2. The summed E-state index contributed by atoms with van der Waals surface area (Å²) in [6, 6.07) is 49.2. The highest BCUT2D eigenvalue weighted by Crippen LogP contribution is 2.25. The van der Waals surface area contributed by atoms with Gasteiger partial charge < -0.3 is 23.2 Å². The average molecular weight is 1100 g/mol. The number of aromatic amines is 2. The van der Waals surface area contributed by atoms with Crippen molar-refractivity contribution in [3.63, 3.8) is 0 Å². The number of para-hydroxylation sites is 2. The summed E-state index contributed by atoms with van der Waals surface area (Å²) in [5.41, 5.74) is 5.78. The van der Waals surface area contributed by atoms with E-state index in [0.29, 0.717) is 4.90 Å². The maximum Gasteiger partial charge on any atom is 0.200 e. The largest absolute Gasteiger partial charge is 0.464 e. The van der Waals surface area contributed by atoms with Crippen LogP contribution in [0.5, 0.6) is 0 Å². The lowest BCUT2D eigenvalue weighted by molar-refractivity contribution is 0.605. The first-order valence-electron chi connectivity index (χ1n) is 27.3. The lowest BCUT2D eigenvalue weighted by Gasteiger charge is -1.94. The van der Waals surface area contributed by atoms with Crippen molar-refractivity contribution >= 4 is 92.0 Å². The number of thiophene rings is 1. The number of furan rings is 3. The van der Waals surface area contributed by atoms with Crippen molar-refractivity contribution in [2.45, 2.75) is 102 Å². The molecule has 4 aromatic carbocycles. The zero-order chi connectivity index (χ0) is 58.5. The van der Waals surface area contributed by atoms with E-state index in [9.17, 15) is 8.42 Å². The number of H-pyrrole nitrogens is 2. The van der Waals surface area contributed by atoms with Gasteiger partial charge in [0.15, 0.2) is 15.4 Å². The van der Waals surface area contributed by atoms with Crippen LogP contribution in [0.1, 0.15) is 102 Å². The maximum atomic E-state index is 11.2. The molecule has 418 valence electrons. The van der Waals surface area contributed by atoms with Gasteiger partial charge in [-0.05, 0) is 107 Å². The first-order valence-corrected chi connectivity index (χ1v) is 29.7. The van der Waals surface area contributed by atoms with Gasteiger partial charge in [-0.1, -0.05) is 170 Å². The molecule has 1 aliphatic rings. The summed E-state index contributed by atoms with van der Waals surface area (Å²) in [6.45, 7) is 28.0. The molecule has 0 saturated heterocycles. The molecule has 0 bridgehead atoms. The molecule has 1 aliphatic heterocycles. The van der Waals surface area contributed by atoms with Crippen LogP contribution in [0, 0.1) is 0 Å². The minimum atomic E-state index is -3.09. The summed E-state index contributed by atoms with van der Waals surface area (Å²) < 4.78 is 39.0. The summed E-state index contributed by atoms with van der Waals surface area (Å²) in [5, 5.41) is 10.5. The molecule has 10 nitrogen and oxygen atoms in total. The van der Waals surface area contributed by atoms with Crippen LogP contribution < -0.4 is 0 Å². The molecule has 12 heteroatoms. The summed E-state index contributed by atoms with van der Waals surface area (Å²) in [4.78, 5) is 18.4. The van der Waals surface area contributed by atoms with Crippen molar-refractivity contribution in [2.24, 2.45) is 0 Å². The van der Waals surface area contributed by atoms with Crippen LogP contribution in [0.4, 0.5) is 0 Å². The molecule has 0 amide bonds. The van der Waals surface area contributed by atoms with Crippen molar-refractivity contribution < 1.29 is 21.7 Å². The second-order valence-corrected chi connectivity index (χ2v) is 16.7. The SMILES string of the molecule is CC.CC.CC.CC.CC.CC.CC.O=S1(=O)C=Cc2ccccc21.c1cc2cc[nH]c2cn1.c1cc2ccoc2cn1.c1cc2occc2cn1.c1ccc2[nH]ccc2c1.c1ccc2occc2c1.c1ccc2sccc2c1. The first kappa shape index (κ1) is 68.7. The van der Waals surface area contributed by atoms with E-state index < -0.39 is 9.84 Å². The molecule has 0 saturated carbocycles. The lowest BCUT2D eigenvalue weighted by atomic mass is 10.2. The van der Waals surface area contributed by atoms with Gasteiger partial charge in [-0.25, -0.2) is 8.42 Å². The van der Waals surface area contributed by atoms with E-state index in [1.807, 2.05) is 200 Å². The van der Waals surface area contributed by atoms with Crippen LogP contribution in [0.15, 0.2) is 249 Å². The highest BCUT2D eigenvalue weighted by molar-refractivity contribution is 7.94. The van der Waals surface area contributed by atoms with Crippen LogP contribution >= 0.6 is 11.3 Å². The number of sulfone groups is 1. The molecule has 0 aliphatic carbocycles. The van der Waals surface area contributed by atoms with E-state index in [1.54, 1.807) is 85.4 Å². The van der Waals surface area contributed by atoms with Gasteiger partial charge in [0.1, 0.15) is 11.2 Å². The van der Waals surface area contributed by atoms with E-state index in [0.717, 1.165) is 44.0 Å². The Hall–Kier alpha value is -8.32. The van der Waals surface area contributed by atoms with Crippen molar-refractivity contribution in [1.29, 1.82) is 0 Å². The average Bonchev–Trinajstić information content (AvgIpc) is 4.43. The van der Waals surface area contributed by atoms with Gasteiger partial charge in [0.2, 0.25) is 0 Å². The van der Waals surface area contributed by atoms with Crippen LogP contribution in [-0.4, -0.2) is 33.3 Å². The van der Waals surface area contributed by atoms with Gasteiger partial charge in [0, 0.05) is 74.4 Å². The third kappa shape index (κ3) is 23.4. The maximum absolute atomic E-state index is 11.2. The second-order valence-electron chi connectivity index (χ2n) is 14.0. The van der Waals surface area contributed by atoms with Gasteiger partial charge in [0.25, 0.3) is 0 Å². The minimum Gasteiger partial charge on any atom is -0.464 e. The Morgan fingerprint density at radius 2 is 0.861 bits per heavy atom. The van der Waals surface area contributed by atoms with Crippen LogP contribution in [0.25, 0.3) is 70.9 Å². The first-order chi connectivity index (χ1) is 39.0. The lowest BCUT2D eigenvalue weighted by Crippen LogP contribution is -1.91. The monoisotopic (exact) mass is 1100 g/mol. The van der Waals surface area contributed by atoms with E-state index in [-0.39, 0.29) is 0 Å². The predicted octanol–water partition coefficient (Wildman–Crippen LogP) is 21.3. The van der Waals surface area contributed by atoms with E-state index in [1.165, 1.54) is 31.8 Å². The van der Waals surface area contributed by atoms with Gasteiger partial charge in [0.05, 0.1) is 41.6 Å². The van der Waals surface area contributed by atoms with E-state index >= 15 is 0 Å². The van der Waals surface area contributed by atoms with Crippen molar-refractivity contribution in [2.75, 3.05) is 0 Å². The van der Waals surface area contributed by atoms with E-state index in [4.69, 9.17) is 13.3 Å². The van der Waals surface area contributed by atoms with Crippen LogP contribution in [0.3, 0.4) is 0 Å². The smallest absolute Gasteiger partial charge is 0.200 e. The third-order valence-electron chi connectivity index (χ3n) is 9.71. The Bertz CT molecular complexity index is 2950. The topological polar surface area (TPSA) is 144 Å². The Labute approximate surface area is 474 Å². The number of nitrogens with zero attached hydrogens (tertiary/aromatic N) is 3. The molecular formula is C67H83N5O5S2. The molecule has 0 atom stereocenters. The molecule has 79 heavy (non-hydrogen) atoms. The molecular weight excluding hydrogens is 1020 g/mol. The summed E-state index contributed by atoms with van der Waals surface area (Å²) in [5.74, 6) is 0. The second kappa shape index (κ2) is 42.8. The summed E-state index contributed by atoms with van der Waals surface area (Å²) in [6.07, 6.45) is 21.0. The van der Waals surface area contributed by atoms with Crippen LogP contribution in [0.2, 0.25) is 0 Å². The van der Waals surface area contributed by atoms with Gasteiger partial charge in [-0.15, -0.1) is 11.3 Å². The molecule has 13 aromatic rings. The van der Waals surface area contributed by atoms with E-state index in [2.05, 4.69) is 78.8 Å². The molecule has 9 aromatic heterocycles. The Balaban J connectivity index is 0.000000444. The fraction of sp³-hybridized carbons (Fsp3) is 0.209. The quantitative estimate of drug-likeness (QED) is 0.153. The highest BCUT2D eigenvalue weighted by Gasteiger charge is 2.18. The zero-order valence-electron chi connectivity index (χ0n) is 48.7. The van der Waals surface area contributed by atoms with Gasteiger partial charge in [-0.2, -0.15) is 0 Å². The highest BCUT2D eigenvalue weighted by atomic mass is 32.2. The molecule has 0 radical (unpaired) electrons. The molecule has 0 unspecified atom stereocenters. The molecule has 14 rings (SSSR count). The van der Waals surface area contributed by atoms with Crippen molar-refractivity contribution in [3.05, 3.63) is 236 Å². The Kier molecular flexibility index (Phi) is 37.2.